The zero-order chi connectivity index (χ0) is 18.3. The molecule has 0 bridgehead atoms. The molecule has 0 spiro atoms. The number of anilines is 1. The Morgan fingerprint density at radius 2 is 2.04 bits per heavy atom. The summed E-state index contributed by atoms with van der Waals surface area (Å²) >= 11 is 1.34. The molecular weight excluding hydrogens is 352 g/mol. The molecule has 1 N–H and O–H groups in total. The molecule has 7 heteroatoms. The van der Waals surface area contributed by atoms with E-state index < -0.39 is 5.91 Å². The SMILES string of the molecule is COc1ccc(C)c2sc(NC(=O)c3cc(=O)c4ccccc4o3)nc12. The van der Waals surface area contributed by atoms with Gasteiger partial charge < -0.3 is 9.15 Å². The smallest absolute Gasteiger partial charge is 0.293 e. The first-order valence-corrected chi connectivity index (χ1v) is 8.67. The van der Waals surface area contributed by atoms with Gasteiger partial charge >= 0.3 is 0 Å². The number of carbonyl (C=O) groups excluding carboxylic acids is 1. The lowest BCUT2D eigenvalue weighted by molar-refractivity contribution is 0.0997. The minimum absolute atomic E-state index is 0.0587. The van der Waals surface area contributed by atoms with Gasteiger partial charge in [-0.15, -0.1) is 0 Å². The lowest BCUT2D eigenvalue weighted by atomic mass is 10.2. The van der Waals surface area contributed by atoms with Crippen molar-refractivity contribution in [1.29, 1.82) is 0 Å². The van der Waals surface area contributed by atoms with Gasteiger partial charge in [0.25, 0.3) is 5.91 Å². The largest absolute Gasteiger partial charge is 0.494 e. The quantitative estimate of drug-likeness (QED) is 0.593. The van der Waals surface area contributed by atoms with Crippen molar-refractivity contribution in [2.24, 2.45) is 0 Å². The van der Waals surface area contributed by atoms with E-state index >= 15 is 0 Å². The van der Waals surface area contributed by atoms with Crippen LogP contribution in [0.4, 0.5) is 5.13 Å². The van der Waals surface area contributed by atoms with Crippen molar-refractivity contribution < 1.29 is 13.9 Å². The Morgan fingerprint density at radius 3 is 2.85 bits per heavy atom. The second kappa shape index (κ2) is 6.27. The number of nitrogens with one attached hydrogen (secondary N) is 1. The molecule has 2 aromatic carbocycles. The minimum atomic E-state index is -0.525. The second-order valence-electron chi connectivity index (χ2n) is 5.71. The predicted octanol–water partition coefficient (Wildman–Crippen LogP) is 3.97. The van der Waals surface area contributed by atoms with E-state index in [-0.39, 0.29) is 11.2 Å². The van der Waals surface area contributed by atoms with Crippen molar-refractivity contribution >= 4 is 43.6 Å². The molecule has 6 nitrogen and oxygen atoms in total. The van der Waals surface area contributed by atoms with Crippen LogP contribution in [0.25, 0.3) is 21.2 Å². The third kappa shape index (κ3) is 2.72. The van der Waals surface area contributed by atoms with Crippen LogP contribution in [0.5, 0.6) is 5.75 Å². The molecule has 0 radical (unpaired) electrons. The number of methoxy groups -OCH3 is 1. The second-order valence-corrected chi connectivity index (χ2v) is 6.71. The van der Waals surface area contributed by atoms with Gasteiger partial charge in [0, 0.05) is 6.07 Å². The van der Waals surface area contributed by atoms with Crippen LogP contribution >= 0.6 is 11.3 Å². The fraction of sp³-hybridized carbons (Fsp3) is 0.105. The maximum Gasteiger partial charge on any atom is 0.293 e. The summed E-state index contributed by atoms with van der Waals surface area (Å²) in [6.45, 7) is 1.97. The van der Waals surface area contributed by atoms with Gasteiger partial charge in [-0.3, -0.25) is 14.9 Å². The van der Waals surface area contributed by atoms with Crippen molar-refractivity contribution in [2.75, 3.05) is 12.4 Å². The summed E-state index contributed by atoms with van der Waals surface area (Å²) in [4.78, 5) is 29.1. The van der Waals surface area contributed by atoms with E-state index in [2.05, 4.69) is 10.3 Å². The molecule has 2 aromatic heterocycles. The number of nitrogens with zero attached hydrogens (tertiary/aromatic N) is 1. The summed E-state index contributed by atoms with van der Waals surface area (Å²) in [5, 5.41) is 3.54. The summed E-state index contributed by atoms with van der Waals surface area (Å²) in [5.41, 5.74) is 1.83. The number of rotatable bonds is 3. The Kier molecular flexibility index (Phi) is 3.93. The highest BCUT2D eigenvalue weighted by molar-refractivity contribution is 7.22. The van der Waals surface area contributed by atoms with Gasteiger partial charge in [-0.2, -0.15) is 0 Å². The number of benzene rings is 2. The average molecular weight is 366 g/mol. The van der Waals surface area contributed by atoms with Gasteiger partial charge in [-0.05, 0) is 30.7 Å². The Morgan fingerprint density at radius 1 is 1.23 bits per heavy atom. The molecule has 130 valence electrons. The molecule has 26 heavy (non-hydrogen) atoms. The van der Waals surface area contributed by atoms with Crippen LogP contribution in [0.3, 0.4) is 0 Å². The number of thiazole rings is 1. The maximum atomic E-state index is 12.5. The molecule has 1 amide bonds. The van der Waals surface area contributed by atoms with E-state index in [1.807, 2.05) is 19.1 Å². The molecule has 4 aromatic rings. The number of hydrogen-bond acceptors (Lipinski definition) is 6. The van der Waals surface area contributed by atoms with Crippen LogP contribution in [0.1, 0.15) is 16.1 Å². The van der Waals surface area contributed by atoms with Crippen LogP contribution in [0.15, 0.2) is 51.7 Å². The van der Waals surface area contributed by atoms with Crippen LogP contribution in [-0.2, 0) is 0 Å². The number of aromatic nitrogens is 1. The van der Waals surface area contributed by atoms with Crippen molar-refractivity contribution in [2.45, 2.75) is 6.92 Å². The summed E-state index contributed by atoms with van der Waals surface area (Å²) in [7, 11) is 1.57. The van der Waals surface area contributed by atoms with Gasteiger partial charge in [0.05, 0.1) is 17.2 Å². The van der Waals surface area contributed by atoms with Gasteiger partial charge in [0.1, 0.15) is 16.8 Å². The molecule has 2 heterocycles. The van der Waals surface area contributed by atoms with Gasteiger partial charge in [-0.1, -0.05) is 29.5 Å². The highest BCUT2D eigenvalue weighted by Gasteiger charge is 2.16. The molecule has 0 saturated carbocycles. The molecule has 0 unspecified atom stereocenters. The number of carbonyl (C=O) groups is 1. The van der Waals surface area contributed by atoms with Crippen molar-refractivity contribution in [1.82, 2.24) is 4.98 Å². The van der Waals surface area contributed by atoms with Gasteiger partial charge in [0.15, 0.2) is 16.3 Å². The number of amides is 1. The number of ether oxygens (including phenoxy) is 1. The average Bonchev–Trinajstić information content (AvgIpc) is 3.06. The monoisotopic (exact) mass is 366 g/mol. The fourth-order valence-electron chi connectivity index (χ4n) is 2.70. The number of aryl methyl sites for hydroxylation is 1. The Balaban J connectivity index is 1.71. The highest BCUT2D eigenvalue weighted by atomic mass is 32.1. The summed E-state index contributed by atoms with van der Waals surface area (Å²) in [5.74, 6) is 0.0553. The number of hydrogen-bond donors (Lipinski definition) is 1. The molecule has 0 aliphatic carbocycles. The van der Waals surface area contributed by atoms with E-state index in [1.165, 1.54) is 17.4 Å². The molecule has 0 atom stereocenters. The Bertz CT molecular complexity index is 1210. The highest BCUT2D eigenvalue weighted by Crippen LogP contribution is 2.34. The minimum Gasteiger partial charge on any atom is -0.494 e. The van der Waals surface area contributed by atoms with E-state index in [1.54, 1.807) is 31.4 Å². The van der Waals surface area contributed by atoms with Crippen molar-refractivity contribution in [3.05, 3.63) is 64.0 Å². The fourth-order valence-corrected chi connectivity index (χ4v) is 3.65. The van der Waals surface area contributed by atoms with Crippen LogP contribution in [0.2, 0.25) is 0 Å². The van der Waals surface area contributed by atoms with Crippen LogP contribution in [0, 0.1) is 6.92 Å². The van der Waals surface area contributed by atoms with Crippen molar-refractivity contribution in [3.8, 4) is 5.75 Å². The zero-order valence-electron chi connectivity index (χ0n) is 14.0. The molecular formula is C19H14N2O4S. The number of para-hydroxylation sites is 1. The lowest BCUT2D eigenvalue weighted by Gasteiger charge is -2.02. The standard InChI is InChI=1S/C19H14N2O4S/c1-10-7-8-14(24-2)16-17(10)26-19(20-16)21-18(23)15-9-12(22)11-5-3-4-6-13(11)25-15/h3-9H,1-2H3,(H,20,21,23). The third-order valence-electron chi connectivity index (χ3n) is 4.00. The molecule has 0 aliphatic heterocycles. The summed E-state index contributed by atoms with van der Waals surface area (Å²) < 4.78 is 11.8. The summed E-state index contributed by atoms with van der Waals surface area (Å²) in [6, 6.07) is 11.8. The molecule has 0 fully saturated rings. The number of fused-ring (bicyclic) bond motifs is 2. The Labute approximate surface area is 152 Å². The lowest BCUT2D eigenvalue weighted by Crippen LogP contribution is -2.14. The molecule has 4 rings (SSSR count). The van der Waals surface area contributed by atoms with Gasteiger partial charge in [-0.25, -0.2) is 4.98 Å². The predicted molar refractivity (Wildman–Crippen MR) is 101 cm³/mol. The first-order chi connectivity index (χ1) is 12.6. The molecule has 0 saturated heterocycles. The van der Waals surface area contributed by atoms with Crippen LogP contribution in [-0.4, -0.2) is 18.0 Å². The third-order valence-corrected chi connectivity index (χ3v) is 5.11. The Hall–Kier alpha value is -3.19. The van der Waals surface area contributed by atoms with E-state index in [9.17, 15) is 9.59 Å². The zero-order valence-corrected chi connectivity index (χ0v) is 14.8. The van der Waals surface area contributed by atoms with Crippen LogP contribution < -0.4 is 15.5 Å². The van der Waals surface area contributed by atoms with Gasteiger partial charge in [0.2, 0.25) is 0 Å². The summed E-state index contributed by atoms with van der Waals surface area (Å²) in [6.07, 6.45) is 0. The molecule has 0 aliphatic rings. The normalized spacial score (nSPS) is 11.0. The van der Waals surface area contributed by atoms with Crippen molar-refractivity contribution in [3.63, 3.8) is 0 Å². The first kappa shape index (κ1) is 16.3. The first-order valence-electron chi connectivity index (χ1n) is 7.85. The van der Waals surface area contributed by atoms with E-state index in [0.717, 1.165) is 10.3 Å². The van der Waals surface area contributed by atoms with E-state index in [0.29, 0.717) is 27.4 Å². The van der Waals surface area contributed by atoms with E-state index in [4.69, 9.17) is 9.15 Å². The topological polar surface area (TPSA) is 81.4 Å². The maximum absolute atomic E-state index is 12.5.